The molecule has 4 rings (SSSR count). The van der Waals surface area contributed by atoms with E-state index in [9.17, 15) is 18.0 Å². The first kappa shape index (κ1) is 48.4. The molecular formula is C46H76N6O6S. The summed E-state index contributed by atoms with van der Waals surface area (Å²) in [5.74, 6) is -0.133. The van der Waals surface area contributed by atoms with Crippen LogP contribution in [0.5, 0.6) is 5.75 Å². The zero-order valence-corrected chi connectivity index (χ0v) is 38.1. The number of rotatable bonds is 30. The van der Waals surface area contributed by atoms with E-state index in [-0.39, 0.29) is 34.8 Å². The molecular weight excluding hydrogens is 765 g/mol. The number of ether oxygens (including phenoxy) is 1. The Kier molecular flexibility index (Phi) is 21.4. The summed E-state index contributed by atoms with van der Waals surface area (Å²) in [6.45, 7) is 8.38. The monoisotopic (exact) mass is 841 g/mol. The lowest BCUT2D eigenvalue weighted by Gasteiger charge is -2.31. The number of aromatic nitrogens is 4. The largest absolute Gasteiger partial charge is 0.493 e. The van der Waals surface area contributed by atoms with Gasteiger partial charge in [0.05, 0.1) is 22.8 Å². The van der Waals surface area contributed by atoms with E-state index in [1.807, 2.05) is 20.9 Å². The van der Waals surface area contributed by atoms with E-state index in [2.05, 4.69) is 21.9 Å². The molecule has 12 nitrogen and oxygen atoms in total. The maximum atomic E-state index is 13.9. The highest BCUT2D eigenvalue weighted by Crippen LogP contribution is 2.34. The smallest absolute Gasteiger partial charge is 0.333 e. The van der Waals surface area contributed by atoms with E-state index in [0.717, 1.165) is 25.7 Å². The fraction of sp³-hybridized carbons (Fsp3) is 0.739. The van der Waals surface area contributed by atoms with Gasteiger partial charge in [-0.3, -0.25) is 9.48 Å². The molecule has 59 heavy (non-hydrogen) atoms. The predicted molar refractivity (Wildman–Crippen MR) is 238 cm³/mol. The fourth-order valence-corrected chi connectivity index (χ4v) is 9.59. The number of piperazine rings is 1. The van der Waals surface area contributed by atoms with Gasteiger partial charge in [0, 0.05) is 39.6 Å². The zero-order valence-electron chi connectivity index (χ0n) is 37.3. The minimum atomic E-state index is -3.87. The van der Waals surface area contributed by atoms with Crippen LogP contribution in [0, 0.1) is 0 Å². The van der Waals surface area contributed by atoms with Crippen LogP contribution in [0.4, 0.5) is 0 Å². The second-order valence-electron chi connectivity index (χ2n) is 16.6. The minimum Gasteiger partial charge on any atom is -0.493 e. The van der Waals surface area contributed by atoms with Crippen molar-refractivity contribution in [1.29, 1.82) is 0 Å². The Hall–Kier alpha value is -3.29. The molecule has 1 fully saturated rings. The van der Waals surface area contributed by atoms with E-state index < -0.39 is 21.6 Å². The van der Waals surface area contributed by atoms with Gasteiger partial charge in [0.1, 0.15) is 11.3 Å². The second-order valence-corrected chi connectivity index (χ2v) is 18.6. The summed E-state index contributed by atoms with van der Waals surface area (Å²) >= 11 is 0. The molecule has 0 radical (unpaired) electrons. The molecule has 0 saturated carbocycles. The van der Waals surface area contributed by atoms with Crippen molar-refractivity contribution in [2.24, 2.45) is 7.05 Å². The number of benzene rings is 1. The standard InChI is InChI=1S/C46H76N6O6S/c1-6-9-10-11-12-13-14-15-16-17-18-19-20-21-22-23-24-25-26-27-28-30-42(53)58-52-43-40(29-7-2)48-50(5)44(43)46(54)47-45(52)39-37-38(31-32-41(39)57-8-3)59(55,56)51-35-33-49(4)34-36-51/h31-32,37H,6-30,33-36H2,1-5H3. The molecule has 13 heteroatoms. The number of unbranched alkanes of at least 4 members (excludes halogenated alkanes) is 20. The van der Waals surface area contributed by atoms with E-state index in [0.29, 0.717) is 56.0 Å². The molecule has 2 aromatic heterocycles. The Morgan fingerprint density at radius 2 is 1.22 bits per heavy atom. The summed E-state index contributed by atoms with van der Waals surface area (Å²) in [4.78, 5) is 39.9. The van der Waals surface area contributed by atoms with Crippen LogP contribution < -0.4 is 15.1 Å². The number of carbonyl (C=O) groups excluding carboxylic acids is 1. The molecule has 1 aromatic carbocycles. The van der Waals surface area contributed by atoms with E-state index in [4.69, 9.17) is 9.57 Å². The van der Waals surface area contributed by atoms with Crippen LogP contribution in [-0.2, 0) is 28.3 Å². The maximum Gasteiger partial charge on any atom is 0.333 e. The molecule has 332 valence electrons. The Bertz CT molecular complexity index is 1870. The molecule has 1 aliphatic rings. The summed E-state index contributed by atoms with van der Waals surface area (Å²) in [5.41, 5.74) is 0.837. The van der Waals surface area contributed by atoms with Gasteiger partial charge in [-0.1, -0.05) is 149 Å². The van der Waals surface area contributed by atoms with Crippen molar-refractivity contribution in [3.05, 3.63) is 34.2 Å². The van der Waals surface area contributed by atoms with Crippen LogP contribution in [0.2, 0.25) is 0 Å². The summed E-state index contributed by atoms with van der Waals surface area (Å²) in [7, 11) is -0.235. The van der Waals surface area contributed by atoms with Gasteiger partial charge in [0.2, 0.25) is 10.0 Å². The second kappa shape index (κ2) is 26.1. The number of sulfonamides is 1. The molecule has 3 aromatic rings. The van der Waals surface area contributed by atoms with Gasteiger partial charge in [-0.25, -0.2) is 13.2 Å². The van der Waals surface area contributed by atoms with Gasteiger partial charge in [0.15, 0.2) is 11.3 Å². The number of carbonyl (C=O) groups is 1. The normalized spacial score (nSPS) is 14.1. The van der Waals surface area contributed by atoms with Crippen molar-refractivity contribution in [3.63, 3.8) is 0 Å². The number of fused-ring (bicyclic) bond motifs is 1. The quantitative estimate of drug-likeness (QED) is 0.0603. The molecule has 0 spiro atoms. The Morgan fingerprint density at radius 3 is 1.73 bits per heavy atom. The number of likely N-dealkylation sites (N-methyl/N-ethyl adjacent to an activating group) is 1. The van der Waals surface area contributed by atoms with Gasteiger partial charge in [-0.15, -0.1) is 0 Å². The van der Waals surface area contributed by atoms with Gasteiger partial charge in [-0.2, -0.15) is 19.1 Å². The third kappa shape index (κ3) is 15.0. The van der Waals surface area contributed by atoms with Crippen LogP contribution in [0.3, 0.4) is 0 Å². The minimum absolute atomic E-state index is 0.00103. The molecule has 0 N–H and O–H groups in total. The topological polar surface area (TPSA) is 129 Å². The van der Waals surface area contributed by atoms with Crippen LogP contribution in [0.1, 0.15) is 174 Å². The first-order valence-electron chi connectivity index (χ1n) is 23.3. The maximum absolute atomic E-state index is 13.9. The SMILES string of the molecule is CCCCCCCCCCCCCCCCCCCCCCCC(=O)On1c(-c2cc(S(=O)(=O)N3CCN(C)CC3)ccc2OCC)nc(=O)c2c1c(CCC)nn2C. The summed E-state index contributed by atoms with van der Waals surface area (Å²) in [6, 6.07) is 4.58. The van der Waals surface area contributed by atoms with Gasteiger partial charge in [0.25, 0.3) is 5.56 Å². The summed E-state index contributed by atoms with van der Waals surface area (Å²) < 4.78 is 37.9. The first-order chi connectivity index (χ1) is 28.6. The molecule has 1 aliphatic heterocycles. The van der Waals surface area contributed by atoms with Crippen molar-refractivity contribution >= 4 is 27.0 Å². The van der Waals surface area contributed by atoms with Crippen molar-refractivity contribution in [1.82, 2.24) is 28.7 Å². The predicted octanol–water partition coefficient (Wildman–Crippen LogP) is 9.64. The molecule has 0 aliphatic carbocycles. The van der Waals surface area contributed by atoms with Crippen LogP contribution >= 0.6 is 0 Å². The molecule has 0 atom stereocenters. The van der Waals surface area contributed by atoms with E-state index in [1.54, 1.807) is 13.1 Å². The van der Waals surface area contributed by atoms with E-state index in [1.165, 1.54) is 135 Å². The highest BCUT2D eigenvalue weighted by molar-refractivity contribution is 7.89. The molecule has 0 bridgehead atoms. The number of nitrogens with zero attached hydrogens (tertiary/aromatic N) is 6. The number of hydrogen-bond donors (Lipinski definition) is 0. The van der Waals surface area contributed by atoms with Crippen LogP contribution in [0.15, 0.2) is 27.9 Å². The molecule has 0 amide bonds. The average molecular weight is 841 g/mol. The van der Waals surface area contributed by atoms with Crippen LogP contribution in [0.25, 0.3) is 22.4 Å². The van der Waals surface area contributed by atoms with Crippen molar-refractivity contribution < 1.29 is 22.8 Å². The summed E-state index contributed by atoms with van der Waals surface area (Å²) in [6.07, 6.45) is 28.6. The van der Waals surface area contributed by atoms with Gasteiger partial charge in [-0.05, 0) is 45.0 Å². The zero-order chi connectivity index (χ0) is 42.5. The fourth-order valence-electron chi connectivity index (χ4n) is 8.14. The number of hydrogen-bond acceptors (Lipinski definition) is 9. The highest BCUT2D eigenvalue weighted by Gasteiger charge is 2.30. The lowest BCUT2D eigenvalue weighted by molar-refractivity contribution is -0.143. The Morgan fingerprint density at radius 1 is 0.695 bits per heavy atom. The van der Waals surface area contributed by atoms with Gasteiger partial charge < -0.3 is 14.5 Å². The summed E-state index contributed by atoms with van der Waals surface area (Å²) in [5, 5.41) is 4.61. The molecule has 1 saturated heterocycles. The Balaban J connectivity index is 1.30. The first-order valence-corrected chi connectivity index (χ1v) is 24.7. The van der Waals surface area contributed by atoms with Gasteiger partial charge >= 0.3 is 5.97 Å². The third-order valence-corrected chi connectivity index (χ3v) is 13.5. The highest BCUT2D eigenvalue weighted by atomic mass is 32.2. The molecule has 0 unspecified atom stereocenters. The van der Waals surface area contributed by atoms with Crippen molar-refractivity contribution in [2.45, 2.75) is 180 Å². The average Bonchev–Trinajstić information content (AvgIpc) is 3.55. The van der Waals surface area contributed by atoms with Crippen LogP contribution in [-0.4, -0.2) is 82.9 Å². The lowest BCUT2D eigenvalue weighted by Crippen LogP contribution is -2.47. The lowest BCUT2D eigenvalue weighted by atomic mass is 10.0. The van der Waals surface area contributed by atoms with Crippen molar-refractivity contribution in [2.75, 3.05) is 39.8 Å². The van der Waals surface area contributed by atoms with Crippen molar-refractivity contribution in [3.8, 4) is 17.1 Å². The third-order valence-electron chi connectivity index (χ3n) is 11.7. The number of aryl methyl sites for hydroxylation is 2. The Labute approximate surface area is 355 Å². The van der Waals surface area contributed by atoms with E-state index >= 15 is 0 Å². The molecule has 3 heterocycles.